The highest BCUT2D eigenvalue weighted by atomic mass is 16.3. The Kier molecular flexibility index (Phi) is 3.07. The van der Waals surface area contributed by atoms with Crippen molar-refractivity contribution >= 4 is 21.9 Å². The zero-order chi connectivity index (χ0) is 16.3. The van der Waals surface area contributed by atoms with Crippen LogP contribution in [0.25, 0.3) is 21.9 Å². The highest BCUT2D eigenvalue weighted by molar-refractivity contribution is 6.05. The number of hydrogen-bond donors (Lipinski definition) is 1. The molecule has 2 unspecified atom stereocenters. The number of benzene rings is 2. The third-order valence-corrected chi connectivity index (χ3v) is 6.29. The number of fused-ring (bicyclic) bond motifs is 5. The fraction of sp³-hybridized carbons (Fsp3) is 0.429. The van der Waals surface area contributed by atoms with Gasteiger partial charge in [0.25, 0.3) is 0 Å². The van der Waals surface area contributed by atoms with Crippen molar-refractivity contribution in [2.24, 2.45) is 0 Å². The molecule has 2 aliphatic heterocycles. The van der Waals surface area contributed by atoms with Crippen molar-refractivity contribution in [3.63, 3.8) is 0 Å². The molecular formula is C21H23NO2. The molecule has 5 rings (SSSR count). The van der Waals surface area contributed by atoms with Gasteiger partial charge in [-0.1, -0.05) is 30.7 Å². The summed E-state index contributed by atoms with van der Waals surface area (Å²) >= 11 is 0. The summed E-state index contributed by atoms with van der Waals surface area (Å²) < 4.78 is 5.93. The van der Waals surface area contributed by atoms with Crippen molar-refractivity contribution in [2.45, 2.75) is 49.8 Å². The lowest BCUT2D eigenvalue weighted by Gasteiger charge is -2.50. The van der Waals surface area contributed by atoms with Crippen LogP contribution in [-0.4, -0.2) is 29.1 Å². The molecule has 3 nitrogen and oxygen atoms in total. The van der Waals surface area contributed by atoms with E-state index in [1.807, 2.05) is 24.3 Å². The average molecular weight is 321 g/mol. The fourth-order valence-electron chi connectivity index (χ4n) is 4.90. The van der Waals surface area contributed by atoms with Gasteiger partial charge in [-0.25, -0.2) is 0 Å². The van der Waals surface area contributed by atoms with Crippen LogP contribution in [0.15, 0.2) is 46.9 Å². The molecule has 1 aromatic heterocycles. The molecule has 0 amide bonds. The van der Waals surface area contributed by atoms with Gasteiger partial charge in [-0.05, 0) is 56.5 Å². The zero-order valence-electron chi connectivity index (χ0n) is 14.0. The summed E-state index contributed by atoms with van der Waals surface area (Å²) in [5.41, 5.74) is 2.15. The van der Waals surface area contributed by atoms with E-state index in [2.05, 4.69) is 30.1 Å². The number of rotatable bonds is 1. The van der Waals surface area contributed by atoms with Gasteiger partial charge in [-0.15, -0.1) is 0 Å². The van der Waals surface area contributed by atoms with Crippen molar-refractivity contribution in [1.82, 2.24) is 4.90 Å². The topological polar surface area (TPSA) is 36.6 Å². The Morgan fingerprint density at radius 2 is 1.71 bits per heavy atom. The predicted octanol–water partition coefficient (Wildman–Crippen LogP) is 4.42. The van der Waals surface area contributed by atoms with Crippen LogP contribution in [0.5, 0.6) is 0 Å². The molecule has 0 saturated carbocycles. The average Bonchev–Trinajstić information content (AvgIpc) is 2.94. The maximum absolute atomic E-state index is 11.5. The van der Waals surface area contributed by atoms with E-state index in [1.165, 1.54) is 19.3 Å². The van der Waals surface area contributed by atoms with Crippen LogP contribution in [0.3, 0.4) is 0 Å². The second-order valence-corrected chi connectivity index (χ2v) is 7.65. The maximum Gasteiger partial charge on any atom is 0.135 e. The maximum atomic E-state index is 11.5. The molecule has 0 radical (unpaired) electrons. The van der Waals surface area contributed by atoms with Gasteiger partial charge in [-0.3, -0.25) is 0 Å². The lowest BCUT2D eigenvalue weighted by molar-refractivity contribution is -0.0874. The molecule has 2 aliphatic rings. The lowest BCUT2D eigenvalue weighted by Crippen LogP contribution is -2.55. The Bertz CT molecular complexity index is 898. The molecule has 124 valence electrons. The van der Waals surface area contributed by atoms with Crippen LogP contribution in [0.1, 0.15) is 37.7 Å². The van der Waals surface area contributed by atoms with Gasteiger partial charge in [0.15, 0.2) is 0 Å². The Balaban J connectivity index is 1.62. The zero-order valence-corrected chi connectivity index (χ0v) is 14.0. The van der Waals surface area contributed by atoms with Crippen LogP contribution in [-0.2, 0) is 5.60 Å². The first-order chi connectivity index (χ1) is 11.6. The number of furan rings is 1. The van der Waals surface area contributed by atoms with E-state index in [1.54, 1.807) is 0 Å². The minimum atomic E-state index is -0.713. The van der Waals surface area contributed by atoms with E-state index in [0.717, 1.165) is 40.3 Å². The number of hydrogen-bond acceptors (Lipinski definition) is 3. The summed E-state index contributed by atoms with van der Waals surface area (Å²) in [6.07, 6.45) is 5.36. The van der Waals surface area contributed by atoms with E-state index in [-0.39, 0.29) is 0 Å². The molecule has 2 bridgehead atoms. The minimum Gasteiger partial charge on any atom is -0.456 e. The van der Waals surface area contributed by atoms with Gasteiger partial charge in [-0.2, -0.15) is 0 Å². The smallest absolute Gasteiger partial charge is 0.135 e. The molecule has 3 heteroatoms. The third kappa shape index (κ3) is 2.04. The Morgan fingerprint density at radius 3 is 2.50 bits per heavy atom. The second kappa shape index (κ2) is 5.08. The summed E-state index contributed by atoms with van der Waals surface area (Å²) in [5, 5.41) is 13.7. The quantitative estimate of drug-likeness (QED) is 0.721. The van der Waals surface area contributed by atoms with Crippen LogP contribution >= 0.6 is 0 Å². The van der Waals surface area contributed by atoms with Gasteiger partial charge in [0.2, 0.25) is 0 Å². The molecule has 0 spiro atoms. The van der Waals surface area contributed by atoms with E-state index < -0.39 is 5.60 Å². The van der Waals surface area contributed by atoms with Crippen molar-refractivity contribution in [3.05, 3.63) is 48.0 Å². The molecule has 3 aromatic rings. The van der Waals surface area contributed by atoms with Crippen molar-refractivity contribution in [2.75, 3.05) is 7.05 Å². The molecule has 2 fully saturated rings. The Labute approximate surface area is 141 Å². The largest absolute Gasteiger partial charge is 0.456 e. The van der Waals surface area contributed by atoms with Gasteiger partial charge >= 0.3 is 0 Å². The summed E-state index contributed by atoms with van der Waals surface area (Å²) in [5.74, 6) is 0. The summed E-state index contributed by atoms with van der Waals surface area (Å²) in [4.78, 5) is 2.49. The molecule has 0 aliphatic carbocycles. The first-order valence-electron chi connectivity index (χ1n) is 9.00. The summed E-state index contributed by atoms with van der Waals surface area (Å²) in [6.45, 7) is 0. The van der Waals surface area contributed by atoms with Crippen LogP contribution in [0, 0.1) is 0 Å². The van der Waals surface area contributed by atoms with Gasteiger partial charge < -0.3 is 14.4 Å². The SMILES string of the molecule is CN1C2CCCC1CC(O)(c1ccc3oc4ccccc4c3c1)C2. The first kappa shape index (κ1) is 14.5. The normalized spacial score (nSPS) is 30.9. The highest BCUT2D eigenvalue weighted by Crippen LogP contribution is 2.44. The van der Waals surface area contributed by atoms with E-state index in [9.17, 15) is 5.11 Å². The van der Waals surface area contributed by atoms with Gasteiger partial charge in [0.1, 0.15) is 11.2 Å². The second-order valence-electron chi connectivity index (χ2n) is 7.65. The number of para-hydroxylation sites is 1. The van der Waals surface area contributed by atoms with Gasteiger partial charge in [0.05, 0.1) is 5.60 Å². The van der Waals surface area contributed by atoms with E-state index in [0.29, 0.717) is 12.1 Å². The van der Waals surface area contributed by atoms with E-state index >= 15 is 0 Å². The van der Waals surface area contributed by atoms with Crippen LogP contribution in [0.4, 0.5) is 0 Å². The fourth-order valence-corrected chi connectivity index (χ4v) is 4.90. The predicted molar refractivity (Wildman–Crippen MR) is 96.0 cm³/mol. The Morgan fingerprint density at radius 1 is 1.00 bits per heavy atom. The molecule has 3 heterocycles. The third-order valence-electron chi connectivity index (χ3n) is 6.29. The first-order valence-corrected chi connectivity index (χ1v) is 9.00. The Hall–Kier alpha value is -1.84. The minimum absolute atomic E-state index is 0.499. The van der Waals surface area contributed by atoms with Crippen LogP contribution in [0.2, 0.25) is 0 Å². The summed E-state index contributed by atoms with van der Waals surface area (Å²) in [6, 6.07) is 15.4. The standard InChI is InChI=1S/C21H23NO2/c1-22-15-5-4-6-16(22)13-21(23,12-15)14-9-10-20-18(11-14)17-7-2-3-8-19(17)24-20/h2-3,7-11,15-16,23H,4-6,12-13H2,1H3. The lowest BCUT2D eigenvalue weighted by atomic mass is 9.72. The van der Waals surface area contributed by atoms with Crippen molar-refractivity contribution in [1.29, 1.82) is 0 Å². The highest BCUT2D eigenvalue weighted by Gasteiger charge is 2.44. The number of nitrogens with zero attached hydrogens (tertiary/aromatic N) is 1. The number of aliphatic hydroxyl groups is 1. The number of piperidine rings is 2. The molecule has 2 atom stereocenters. The van der Waals surface area contributed by atoms with Gasteiger partial charge in [0, 0.05) is 22.9 Å². The van der Waals surface area contributed by atoms with E-state index in [4.69, 9.17) is 4.42 Å². The molecule has 24 heavy (non-hydrogen) atoms. The monoisotopic (exact) mass is 321 g/mol. The molecule has 2 saturated heterocycles. The molecule has 1 N–H and O–H groups in total. The van der Waals surface area contributed by atoms with Crippen molar-refractivity contribution < 1.29 is 9.52 Å². The molecule has 2 aromatic carbocycles. The van der Waals surface area contributed by atoms with Crippen LogP contribution < -0.4 is 0 Å². The van der Waals surface area contributed by atoms with Crippen molar-refractivity contribution in [3.8, 4) is 0 Å². The summed E-state index contributed by atoms with van der Waals surface area (Å²) in [7, 11) is 2.22. The molecular weight excluding hydrogens is 298 g/mol.